The van der Waals surface area contributed by atoms with E-state index in [1.807, 2.05) is 6.07 Å². The van der Waals surface area contributed by atoms with Crippen molar-refractivity contribution in [3.05, 3.63) is 42.0 Å². The van der Waals surface area contributed by atoms with Gasteiger partial charge in [0.1, 0.15) is 5.75 Å². The largest absolute Gasteiger partial charge is 0.497 e. The van der Waals surface area contributed by atoms with E-state index >= 15 is 0 Å². The number of nitrogens with one attached hydrogen (secondary N) is 2. The highest BCUT2D eigenvalue weighted by molar-refractivity contribution is 5.84. The zero-order chi connectivity index (χ0) is 13.1. The molecule has 3 heteroatoms. The van der Waals surface area contributed by atoms with Gasteiger partial charge in [0.15, 0.2) is 0 Å². The minimum Gasteiger partial charge on any atom is -0.497 e. The molecule has 0 aromatic heterocycles. The third-order valence-electron chi connectivity index (χ3n) is 3.77. The van der Waals surface area contributed by atoms with Crippen molar-refractivity contribution in [1.82, 2.24) is 10.6 Å². The number of benzene rings is 2. The molecule has 1 atom stereocenters. The van der Waals surface area contributed by atoms with Crippen LogP contribution in [0.5, 0.6) is 5.75 Å². The molecule has 1 fully saturated rings. The summed E-state index contributed by atoms with van der Waals surface area (Å²) in [7, 11) is 1.70. The highest BCUT2D eigenvalue weighted by Crippen LogP contribution is 2.21. The second-order valence-corrected chi connectivity index (χ2v) is 5.12. The smallest absolute Gasteiger partial charge is 0.119 e. The van der Waals surface area contributed by atoms with Crippen LogP contribution < -0.4 is 15.4 Å². The lowest BCUT2D eigenvalue weighted by Crippen LogP contribution is -2.30. The Morgan fingerprint density at radius 3 is 2.84 bits per heavy atom. The zero-order valence-corrected chi connectivity index (χ0v) is 11.3. The molecule has 2 aromatic rings. The van der Waals surface area contributed by atoms with Gasteiger partial charge in [-0.3, -0.25) is 0 Å². The van der Waals surface area contributed by atoms with Gasteiger partial charge in [-0.2, -0.15) is 0 Å². The summed E-state index contributed by atoms with van der Waals surface area (Å²) in [6.45, 7) is 3.16. The van der Waals surface area contributed by atoms with Crippen LogP contribution in [0.25, 0.3) is 10.8 Å². The summed E-state index contributed by atoms with van der Waals surface area (Å²) in [6.07, 6.45) is 1.23. The lowest BCUT2D eigenvalue weighted by atomic mass is 10.1. The molecular formula is C16H20N2O. The van der Waals surface area contributed by atoms with E-state index in [0.717, 1.165) is 25.4 Å². The van der Waals surface area contributed by atoms with E-state index in [9.17, 15) is 0 Å². The van der Waals surface area contributed by atoms with Gasteiger partial charge in [-0.05, 0) is 47.5 Å². The van der Waals surface area contributed by atoms with E-state index < -0.39 is 0 Å². The predicted octanol–water partition coefficient (Wildman–Crippen LogP) is 2.30. The summed E-state index contributed by atoms with van der Waals surface area (Å²) >= 11 is 0. The topological polar surface area (TPSA) is 33.3 Å². The van der Waals surface area contributed by atoms with Crippen molar-refractivity contribution in [2.45, 2.75) is 19.0 Å². The molecule has 2 N–H and O–H groups in total. The molecule has 1 saturated heterocycles. The monoisotopic (exact) mass is 256 g/mol. The van der Waals surface area contributed by atoms with Crippen LogP contribution in [0, 0.1) is 0 Å². The van der Waals surface area contributed by atoms with Crippen molar-refractivity contribution in [3.63, 3.8) is 0 Å². The van der Waals surface area contributed by atoms with Crippen LogP contribution in [-0.2, 0) is 6.54 Å². The van der Waals surface area contributed by atoms with E-state index in [0.29, 0.717) is 6.04 Å². The first-order valence-corrected chi connectivity index (χ1v) is 6.86. The third kappa shape index (κ3) is 2.88. The number of ether oxygens (including phenoxy) is 1. The molecule has 0 bridgehead atoms. The van der Waals surface area contributed by atoms with Crippen LogP contribution in [0.15, 0.2) is 36.4 Å². The highest BCUT2D eigenvalue weighted by Gasteiger charge is 2.12. The van der Waals surface area contributed by atoms with Crippen molar-refractivity contribution in [2.24, 2.45) is 0 Å². The lowest BCUT2D eigenvalue weighted by Gasteiger charge is -2.11. The summed E-state index contributed by atoms with van der Waals surface area (Å²) in [5.41, 5.74) is 1.34. The van der Waals surface area contributed by atoms with Crippen molar-refractivity contribution in [3.8, 4) is 5.75 Å². The Morgan fingerprint density at radius 2 is 2.05 bits per heavy atom. The van der Waals surface area contributed by atoms with Gasteiger partial charge in [-0.15, -0.1) is 0 Å². The fraction of sp³-hybridized carbons (Fsp3) is 0.375. The second-order valence-electron chi connectivity index (χ2n) is 5.12. The number of hydrogen-bond donors (Lipinski definition) is 2. The molecule has 3 rings (SSSR count). The number of methoxy groups -OCH3 is 1. The summed E-state index contributed by atoms with van der Waals surface area (Å²) in [5, 5.41) is 9.47. The summed E-state index contributed by atoms with van der Waals surface area (Å²) in [5.74, 6) is 0.912. The van der Waals surface area contributed by atoms with Crippen LogP contribution >= 0.6 is 0 Å². The molecule has 1 aliphatic rings. The molecule has 19 heavy (non-hydrogen) atoms. The van der Waals surface area contributed by atoms with Crippen molar-refractivity contribution < 1.29 is 4.74 Å². The third-order valence-corrected chi connectivity index (χ3v) is 3.77. The molecule has 1 aliphatic heterocycles. The molecule has 2 aromatic carbocycles. The number of rotatable bonds is 4. The van der Waals surface area contributed by atoms with E-state index in [1.54, 1.807) is 7.11 Å². The standard InChI is InChI=1S/C16H20N2O/c1-19-16-5-4-13-8-12(2-3-14(13)9-16)10-18-15-6-7-17-11-15/h2-5,8-9,15,17-18H,6-7,10-11H2,1H3. The van der Waals surface area contributed by atoms with Gasteiger partial charge in [0.05, 0.1) is 7.11 Å². The first kappa shape index (κ1) is 12.5. The molecule has 3 nitrogen and oxygen atoms in total. The second kappa shape index (κ2) is 5.59. The Labute approximate surface area is 114 Å². The minimum absolute atomic E-state index is 0.617. The van der Waals surface area contributed by atoms with Gasteiger partial charge in [0.2, 0.25) is 0 Å². The average molecular weight is 256 g/mol. The maximum atomic E-state index is 5.25. The van der Waals surface area contributed by atoms with Crippen LogP contribution in [0.1, 0.15) is 12.0 Å². The quantitative estimate of drug-likeness (QED) is 0.880. The fourth-order valence-corrected chi connectivity index (χ4v) is 2.60. The lowest BCUT2D eigenvalue weighted by molar-refractivity contribution is 0.415. The maximum Gasteiger partial charge on any atom is 0.119 e. The van der Waals surface area contributed by atoms with Crippen LogP contribution in [0.4, 0.5) is 0 Å². The Balaban J connectivity index is 1.73. The molecule has 0 radical (unpaired) electrons. The fourth-order valence-electron chi connectivity index (χ4n) is 2.60. The Bertz CT molecular complexity index is 562. The molecule has 0 spiro atoms. The Kier molecular flexibility index (Phi) is 3.67. The van der Waals surface area contributed by atoms with Gasteiger partial charge >= 0.3 is 0 Å². The van der Waals surface area contributed by atoms with Gasteiger partial charge in [-0.25, -0.2) is 0 Å². The first-order valence-electron chi connectivity index (χ1n) is 6.86. The number of hydrogen-bond acceptors (Lipinski definition) is 3. The molecule has 100 valence electrons. The molecule has 0 aliphatic carbocycles. The minimum atomic E-state index is 0.617. The normalized spacial score (nSPS) is 18.9. The highest BCUT2D eigenvalue weighted by atomic mass is 16.5. The predicted molar refractivity (Wildman–Crippen MR) is 78.6 cm³/mol. The van der Waals surface area contributed by atoms with Crippen molar-refractivity contribution in [2.75, 3.05) is 20.2 Å². The molecular weight excluding hydrogens is 236 g/mol. The van der Waals surface area contributed by atoms with E-state index in [4.69, 9.17) is 4.74 Å². The van der Waals surface area contributed by atoms with E-state index in [2.05, 4.69) is 41.0 Å². The molecule has 1 unspecified atom stereocenters. The van der Waals surface area contributed by atoms with Gasteiger partial charge in [0, 0.05) is 19.1 Å². The van der Waals surface area contributed by atoms with E-state index in [-0.39, 0.29) is 0 Å². The van der Waals surface area contributed by atoms with E-state index in [1.165, 1.54) is 22.8 Å². The average Bonchev–Trinajstić information content (AvgIpc) is 2.97. The van der Waals surface area contributed by atoms with Crippen LogP contribution in [-0.4, -0.2) is 26.2 Å². The number of fused-ring (bicyclic) bond motifs is 1. The summed E-state index contributed by atoms with van der Waals surface area (Å²) < 4.78 is 5.25. The van der Waals surface area contributed by atoms with Crippen molar-refractivity contribution >= 4 is 10.8 Å². The van der Waals surface area contributed by atoms with Crippen molar-refractivity contribution in [1.29, 1.82) is 0 Å². The van der Waals surface area contributed by atoms with Gasteiger partial charge < -0.3 is 15.4 Å². The van der Waals surface area contributed by atoms with Gasteiger partial charge in [0.25, 0.3) is 0 Å². The molecule has 0 amide bonds. The first-order chi connectivity index (χ1) is 9.35. The maximum absolute atomic E-state index is 5.25. The van der Waals surface area contributed by atoms with Gasteiger partial charge in [-0.1, -0.05) is 18.2 Å². The SMILES string of the molecule is COc1ccc2cc(CNC3CCNC3)ccc2c1. The molecule has 0 saturated carbocycles. The Hall–Kier alpha value is -1.58. The molecule has 1 heterocycles. The summed E-state index contributed by atoms with van der Waals surface area (Å²) in [6, 6.07) is 13.4. The summed E-state index contributed by atoms with van der Waals surface area (Å²) in [4.78, 5) is 0. The van der Waals surface area contributed by atoms with Crippen LogP contribution in [0.3, 0.4) is 0 Å². The Morgan fingerprint density at radius 1 is 1.21 bits per heavy atom. The van der Waals surface area contributed by atoms with Crippen LogP contribution in [0.2, 0.25) is 0 Å². The zero-order valence-electron chi connectivity index (χ0n) is 11.3.